The van der Waals surface area contributed by atoms with E-state index in [1.165, 1.54) is 23.6 Å². The van der Waals surface area contributed by atoms with Crippen LogP contribution < -0.4 is 10.7 Å². The first-order chi connectivity index (χ1) is 11.6. The molecule has 7 nitrogen and oxygen atoms in total. The summed E-state index contributed by atoms with van der Waals surface area (Å²) in [6.07, 6.45) is 1.25. The third-order valence-corrected chi connectivity index (χ3v) is 3.98. The molecule has 0 spiro atoms. The highest BCUT2D eigenvalue weighted by atomic mass is 32.1. The van der Waals surface area contributed by atoms with E-state index in [1.807, 2.05) is 24.3 Å². The minimum Gasteiger partial charge on any atom is -0.507 e. The Morgan fingerprint density at radius 1 is 1.08 bits per heavy atom. The van der Waals surface area contributed by atoms with Crippen molar-refractivity contribution in [3.05, 3.63) is 54.1 Å². The molecule has 1 heterocycles. The predicted molar refractivity (Wildman–Crippen MR) is 92.1 cm³/mol. The minimum atomic E-state index is -0.930. The van der Waals surface area contributed by atoms with Gasteiger partial charge in [-0.05, 0) is 24.3 Å². The number of para-hydroxylation sites is 2. The molecule has 24 heavy (non-hydrogen) atoms. The minimum absolute atomic E-state index is 0.0226. The zero-order chi connectivity index (χ0) is 16.9. The number of nitrogens with one attached hydrogen (secondary N) is 2. The van der Waals surface area contributed by atoms with Crippen molar-refractivity contribution >= 4 is 44.7 Å². The smallest absolute Gasteiger partial charge is 0.329 e. The number of hydrogen-bond donors (Lipinski definition) is 3. The van der Waals surface area contributed by atoms with Gasteiger partial charge in [-0.25, -0.2) is 10.4 Å². The maximum atomic E-state index is 11.8. The van der Waals surface area contributed by atoms with Gasteiger partial charge < -0.3 is 5.11 Å². The van der Waals surface area contributed by atoms with Gasteiger partial charge in [-0.3, -0.25) is 14.9 Å². The number of carbonyl (C=O) groups is 2. The first-order valence-electron chi connectivity index (χ1n) is 6.91. The molecule has 0 aliphatic heterocycles. The number of benzene rings is 2. The van der Waals surface area contributed by atoms with Gasteiger partial charge in [0, 0.05) is 5.56 Å². The maximum Gasteiger partial charge on any atom is 0.329 e. The number of nitrogens with zero attached hydrogens (tertiary/aromatic N) is 2. The molecule has 0 unspecified atom stereocenters. The lowest BCUT2D eigenvalue weighted by atomic mass is 10.2. The Kier molecular flexibility index (Phi) is 4.48. The van der Waals surface area contributed by atoms with Gasteiger partial charge in [0.2, 0.25) is 0 Å². The van der Waals surface area contributed by atoms with E-state index < -0.39 is 11.8 Å². The molecule has 120 valence electrons. The van der Waals surface area contributed by atoms with E-state index >= 15 is 0 Å². The summed E-state index contributed by atoms with van der Waals surface area (Å²) in [5, 5.41) is 16.0. The number of rotatable bonds is 3. The number of amides is 2. The molecule has 0 fully saturated rings. The number of hydrazone groups is 1. The van der Waals surface area contributed by atoms with Crippen LogP contribution in [0.1, 0.15) is 5.56 Å². The Bertz CT molecular complexity index is 903. The van der Waals surface area contributed by atoms with Crippen molar-refractivity contribution in [2.75, 3.05) is 5.32 Å². The van der Waals surface area contributed by atoms with Crippen molar-refractivity contribution in [2.45, 2.75) is 0 Å². The normalized spacial score (nSPS) is 10.8. The van der Waals surface area contributed by atoms with Gasteiger partial charge >= 0.3 is 11.8 Å². The van der Waals surface area contributed by atoms with Crippen LogP contribution in [0.2, 0.25) is 0 Å². The largest absolute Gasteiger partial charge is 0.507 e. The van der Waals surface area contributed by atoms with Crippen molar-refractivity contribution in [1.29, 1.82) is 0 Å². The Morgan fingerprint density at radius 3 is 2.62 bits per heavy atom. The number of fused-ring (bicyclic) bond motifs is 1. The summed E-state index contributed by atoms with van der Waals surface area (Å²) in [5.41, 5.74) is 3.26. The van der Waals surface area contributed by atoms with E-state index in [-0.39, 0.29) is 5.75 Å². The summed E-state index contributed by atoms with van der Waals surface area (Å²) in [6, 6.07) is 13.9. The summed E-state index contributed by atoms with van der Waals surface area (Å²) in [4.78, 5) is 27.7. The molecule has 0 aliphatic rings. The molecule has 0 bridgehead atoms. The highest BCUT2D eigenvalue weighted by Gasteiger charge is 2.15. The van der Waals surface area contributed by atoms with Gasteiger partial charge in [0.1, 0.15) is 5.75 Å². The van der Waals surface area contributed by atoms with E-state index in [1.54, 1.807) is 18.2 Å². The van der Waals surface area contributed by atoms with Crippen LogP contribution in [-0.2, 0) is 9.59 Å². The Balaban J connectivity index is 1.60. The van der Waals surface area contributed by atoms with Gasteiger partial charge in [0.25, 0.3) is 0 Å². The number of carbonyl (C=O) groups excluding carboxylic acids is 2. The molecular formula is C16H12N4O3S. The van der Waals surface area contributed by atoms with Gasteiger partial charge in [-0.1, -0.05) is 35.6 Å². The molecule has 1 aromatic heterocycles. The van der Waals surface area contributed by atoms with Crippen LogP contribution in [0.25, 0.3) is 10.2 Å². The molecule has 0 aliphatic carbocycles. The van der Waals surface area contributed by atoms with Crippen molar-refractivity contribution in [1.82, 2.24) is 10.4 Å². The second-order valence-electron chi connectivity index (χ2n) is 4.70. The van der Waals surface area contributed by atoms with Gasteiger partial charge in [-0.2, -0.15) is 5.10 Å². The molecule has 0 saturated carbocycles. The number of aromatic nitrogens is 1. The lowest BCUT2D eigenvalue weighted by Gasteiger charge is -2.00. The second-order valence-corrected chi connectivity index (χ2v) is 5.73. The molecule has 8 heteroatoms. The van der Waals surface area contributed by atoms with Gasteiger partial charge in [-0.15, -0.1) is 0 Å². The topological polar surface area (TPSA) is 104 Å². The molecule has 0 radical (unpaired) electrons. The average Bonchev–Trinajstić information content (AvgIpc) is 2.98. The first-order valence-corrected chi connectivity index (χ1v) is 7.73. The van der Waals surface area contributed by atoms with Crippen LogP contribution in [0.3, 0.4) is 0 Å². The van der Waals surface area contributed by atoms with Crippen LogP contribution in [0, 0.1) is 0 Å². The fourth-order valence-corrected chi connectivity index (χ4v) is 2.75. The molecule has 3 N–H and O–H groups in total. The zero-order valence-corrected chi connectivity index (χ0v) is 13.1. The zero-order valence-electron chi connectivity index (χ0n) is 12.3. The van der Waals surface area contributed by atoms with Crippen LogP contribution in [0.5, 0.6) is 5.75 Å². The number of hydrogen-bond acceptors (Lipinski definition) is 6. The van der Waals surface area contributed by atoms with Crippen LogP contribution in [0.4, 0.5) is 5.13 Å². The molecule has 3 aromatic rings. The van der Waals surface area contributed by atoms with Gasteiger partial charge in [0.15, 0.2) is 5.13 Å². The van der Waals surface area contributed by atoms with E-state index in [0.717, 1.165) is 10.2 Å². The van der Waals surface area contributed by atoms with E-state index in [2.05, 4.69) is 20.8 Å². The lowest BCUT2D eigenvalue weighted by molar-refractivity contribution is -0.136. The van der Waals surface area contributed by atoms with E-state index in [0.29, 0.717) is 10.7 Å². The van der Waals surface area contributed by atoms with E-state index in [9.17, 15) is 14.7 Å². The Labute approximate surface area is 140 Å². The standard InChI is InChI=1S/C16H12N4O3S/c21-12-7-3-1-5-10(12)9-17-20-15(23)14(22)19-16-18-11-6-2-4-8-13(11)24-16/h1-9,21H,(H,20,23)(H,18,19,22)/b17-9+. The number of thiazole rings is 1. The number of aromatic hydroxyl groups is 1. The molecule has 3 rings (SSSR count). The number of anilines is 1. The van der Waals surface area contributed by atoms with Crippen LogP contribution in [-0.4, -0.2) is 28.1 Å². The van der Waals surface area contributed by atoms with Crippen molar-refractivity contribution in [3.8, 4) is 5.75 Å². The maximum absolute atomic E-state index is 11.8. The second kappa shape index (κ2) is 6.88. The molecular weight excluding hydrogens is 328 g/mol. The lowest BCUT2D eigenvalue weighted by Crippen LogP contribution is -2.32. The molecule has 0 saturated heterocycles. The summed E-state index contributed by atoms with van der Waals surface area (Å²) >= 11 is 1.27. The monoisotopic (exact) mass is 340 g/mol. The fourth-order valence-electron chi connectivity index (χ4n) is 1.89. The van der Waals surface area contributed by atoms with Crippen LogP contribution >= 0.6 is 11.3 Å². The molecule has 0 atom stereocenters. The third-order valence-electron chi connectivity index (χ3n) is 3.03. The Morgan fingerprint density at radius 2 is 1.83 bits per heavy atom. The van der Waals surface area contributed by atoms with Crippen molar-refractivity contribution < 1.29 is 14.7 Å². The average molecular weight is 340 g/mol. The van der Waals surface area contributed by atoms with Crippen molar-refractivity contribution in [2.24, 2.45) is 5.10 Å². The molecule has 2 aromatic carbocycles. The third kappa shape index (κ3) is 3.55. The predicted octanol–water partition coefficient (Wildman–Crippen LogP) is 2.09. The summed E-state index contributed by atoms with van der Waals surface area (Å²) < 4.78 is 0.908. The summed E-state index contributed by atoms with van der Waals surface area (Å²) in [7, 11) is 0. The molecule has 2 amide bonds. The number of phenolic OH excluding ortho intramolecular Hbond substituents is 1. The summed E-state index contributed by atoms with van der Waals surface area (Å²) in [5.74, 6) is -1.78. The summed E-state index contributed by atoms with van der Waals surface area (Å²) in [6.45, 7) is 0. The van der Waals surface area contributed by atoms with Gasteiger partial charge in [0.05, 0.1) is 16.4 Å². The van der Waals surface area contributed by atoms with E-state index in [4.69, 9.17) is 0 Å². The SMILES string of the molecule is O=C(N/N=C/c1ccccc1O)C(=O)Nc1nc2ccccc2s1. The highest BCUT2D eigenvalue weighted by Crippen LogP contribution is 2.25. The quantitative estimate of drug-likeness (QED) is 0.386. The number of phenols is 1. The fraction of sp³-hybridized carbons (Fsp3) is 0. The van der Waals surface area contributed by atoms with Crippen molar-refractivity contribution in [3.63, 3.8) is 0 Å². The first kappa shape index (κ1) is 15.6. The highest BCUT2D eigenvalue weighted by molar-refractivity contribution is 7.22. The van der Waals surface area contributed by atoms with Crippen LogP contribution in [0.15, 0.2) is 53.6 Å². The Hall–Kier alpha value is -3.26.